The normalized spacial score (nSPS) is 10.9. The van der Waals surface area contributed by atoms with Crippen LogP contribution in [-0.2, 0) is 0 Å². The van der Waals surface area contributed by atoms with Gasteiger partial charge in [0.05, 0.1) is 6.21 Å². The lowest BCUT2D eigenvalue weighted by molar-refractivity contribution is 0.971. The molecule has 0 aromatic carbocycles. The van der Waals surface area contributed by atoms with E-state index in [1.165, 1.54) is 4.68 Å². The van der Waals surface area contributed by atoms with Crippen molar-refractivity contribution in [3.05, 3.63) is 27.2 Å². The molecule has 0 bridgehead atoms. The van der Waals surface area contributed by atoms with Crippen molar-refractivity contribution in [3.8, 4) is 0 Å². The predicted octanol–water partition coefficient (Wildman–Crippen LogP) is 1.16. The first kappa shape index (κ1) is 9.87. The first-order valence-corrected chi connectivity index (χ1v) is 5.31. The second kappa shape index (κ2) is 4.24. The molecule has 0 aliphatic heterocycles. The topological polar surface area (TPSA) is 84.0 Å². The third kappa shape index (κ3) is 2.22. The number of aromatic nitrogens is 3. The van der Waals surface area contributed by atoms with Crippen molar-refractivity contribution in [3.63, 3.8) is 0 Å². The molecule has 0 aliphatic rings. The molecule has 2 rings (SSSR count). The molecule has 0 aliphatic carbocycles. The maximum absolute atomic E-state index is 5.55. The van der Waals surface area contributed by atoms with E-state index in [1.54, 1.807) is 17.6 Å². The maximum Gasteiger partial charge on any atom is 0.262 e. The molecule has 6 nitrogen and oxygen atoms in total. The molecule has 0 fully saturated rings. The van der Waals surface area contributed by atoms with Crippen LogP contribution in [0, 0.1) is 4.77 Å². The minimum absolute atomic E-state index is 0.337. The highest BCUT2D eigenvalue weighted by atomic mass is 32.1. The summed E-state index contributed by atoms with van der Waals surface area (Å²) in [7, 11) is 0. The van der Waals surface area contributed by atoms with Gasteiger partial charge in [0.15, 0.2) is 0 Å². The Labute approximate surface area is 94.4 Å². The number of aromatic amines is 1. The van der Waals surface area contributed by atoms with Crippen LogP contribution in [0.1, 0.15) is 4.88 Å². The van der Waals surface area contributed by atoms with Gasteiger partial charge in [-0.05, 0) is 23.7 Å². The summed E-state index contributed by atoms with van der Waals surface area (Å²) in [6, 6.07) is 3.90. The number of rotatable bonds is 3. The summed E-state index contributed by atoms with van der Waals surface area (Å²) in [5, 5.41) is 12.3. The van der Waals surface area contributed by atoms with E-state index in [-0.39, 0.29) is 0 Å². The Morgan fingerprint density at radius 2 is 2.60 bits per heavy atom. The van der Waals surface area contributed by atoms with E-state index in [9.17, 15) is 0 Å². The van der Waals surface area contributed by atoms with E-state index < -0.39 is 0 Å². The van der Waals surface area contributed by atoms with Gasteiger partial charge in [-0.2, -0.15) is 9.78 Å². The maximum atomic E-state index is 5.55. The van der Waals surface area contributed by atoms with Gasteiger partial charge in [0.1, 0.15) is 0 Å². The van der Waals surface area contributed by atoms with E-state index in [2.05, 4.69) is 20.7 Å². The highest BCUT2D eigenvalue weighted by Gasteiger charge is 1.98. The quantitative estimate of drug-likeness (QED) is 0.325. The van der Waals surface area contributed by atoms with Gasteiger partial charge in [-0.1, -0.05) is 6.07 Å². The third-order valence-corrected chi connectivity index (χ3v) is 2.70. The van der Waals surface area contributed by atoms with Crippen LogP contribution in [0.4, 0.5) is 5.95 Å². The second-order valence-corrected chi connectivity index (χ2v) is 3.97. The number of hydrazone groups is 1. The van der Waals surface area contributed by atoms with Crippen LogP contribution in [0.5, 0.6) is 0 Å². The Morgan fingerprint density at radius 3 is 3.20 bits per heavy atom. The minimum atomic E-state index is 0.337. The molecule has 0 atom stereocenters. The largest absolute Gasteiger partial charge is 0.334 e. The molecule has 4 N–H and O–H groups in total. The lowest BCUT2D eigenvalue weighted by Gasteiger charge is -1.96. The summed E-state index contributed by atoms with van der Waals surface area (Å²) in [5.74, 6) is 5.92. The number of nitrogens with zero attached hydrogens (tertiary/aromatic N) is 3. The number of thiophene rings is 1. The minimum Gasteiger partial charge on any atom is -0.334 e. The van der Waals surface area contributed by atoms with Crippen molar-refractivity contribution >= 4 is 35.7 Å². The first-order valence-electron chi connectivity index (χ1n) is 4.02. The summed E-state index contributed by atoms with van der Waals surface area (Å²) in [6.07, 6.45) is 1.68. The van der Waals surface area contributed by atoms with Crippen LogP contribution in [0.3, 0.4) is 0 Å². The lowest BCUT2D eigenvalue weighted by Crippen LogP contribution is -2.11. The van der Waals surface area contributed by atoms with Crippen molar-refractivity contribution in [2.75, 3.05) is 11.3 Å². The number of nitrogens with two attached hydrogens (primary N) is 1. The van der Waals surface area contributed by atoms with Gasteiger partial charge in [-0.25, -0.2) is 10.5 Å². The van der Waals surface area contributed by atoms with Gasteiger partial charge in [0, 0.05) is 4.88 Å². The SMILES string of the molecule is Nn1c(NN=Cc2cccs2)n[nH]c1=S. The van der Waals surface area contributed by atoms with Crippen molar-refractivity contribution < 1.29 is 0 Å². The van der Waals surface area contributed by atoms with Crippen molar-refractivity contribution in [1.29, 1.82) is 0 Å². The summed E-state index contributed by atoms with van der Waals surface area (Å²) >= 11 is 6.43. The fourth-order valence-electron chi connectivity index (χ4n) is 0.902. The smallest absolute Gasteiger partial charge is 0.262 e. The molecule has 0 amide bonds. The molecule has 0 radical (unpaired) electrons. The van der Waals surface area contributed by atoms with Crippen LogP contribution in [0.15, 0.2) is 22.6 Å². The van der Waals surface area contributed by atoms with E-state index >= 15 is 0 Å². The fraction of sp³-hybridized carbons (Fsp3) is 0. The molecule has 8 heteroatoms. The van der Waals surface area contributed by atoms with E-state index in [4.69, 9.17) is 18.1 Å². The number of H-pyrrole nitrogens is 1. The zero-order valence-electron chi connectivity index (χ0n) is 7.54. The molecular formula is C7H8N6S2. The summed E-state index contributed by atoms with van der Waals surface area (Å²) in [4.78, 5) is 1.04. The van der Waals surface area contributed by atoms with Crippen LogP contribution in [0.25, 0.3) is 0 Å². The molecule has 2 heterocycles. The number of hydrogen-bond acceptors (Lipinski definition) is 6. The van der Waals surface area contributed by atoms with Crippen molar-refractivity contribution in [1.82, 2.24) is 14.9 Å². The average Bonchev–Trinajstić information content (AvgIpc) is 2.83. The molecule has 15 heavy (non-hydrogen) atoms. The van der Waals surface area contributed by atoms with Gasteiger partial charge in [-0.3, -0.25) is 0 Å². The summed E-state index contributed by atoms with van der Waals surface area (Å²) in [6.45, 7) is 0. The summed E-state index contributed by atoms with van der Waals surface area (Å²) in [5.41, 5.74) is 2.68. The highest BCUT2D eigenvalue weighted by molar-refractivity contribution is 7.71. The Kier molecular flexibility index (Phi) is 2.79. The average molecular weight is 240 g/mol. The zero-order valence-corrected chi connectivity index (χ0v) is 9.18. The zero-order chi connectivity index (χ0) is 10.7. The number of nitrogen functional groups attached to an aromatic ring is 1. The van der Waals surface area contributed by atoms with Gasteiger partial charge < -0.3 is 5.84 Å². The number of hydrogen-bond donors (Lipinski definition) is 3. The predicted molar refractivity (Wildman–Crippen MR) is 63.1 cm³/mol. The molecule has 2 aromatic heterocycles. The van der Waals surface area contributed by atoms with E-state index in [0.29, 0.717) is 10.7 Å². The van der Waals surface area contributed by atoms with Crippen LogP contribution >= 0.6 is 23.6 Å². The monoisotopic (exact) mass is 240 g/mol. The molecule has 78 valence electrons. The van der Waals surface area contributed by atoms with Crippen LogP contribution in [0.2, 0.25) is 0 Å². The molecule has 0 unspecified atom stereocenters. The van der Waals surface area contributed by atoms with Crippen molar-refractivity contribution in [2.24, 2.45) is 5.10 Å². The van der Waals surface area contributed by atoms with Crippen molar-refractivity contribution in [2.45, 2.75) is 0 Å². The van der Waals surface area contributed by atoms with Gasteiger partial charge in [-0.15, -0.1) is 16.4 Å². The Hall–Kier alpha value is -1.67. The van der Waals surface area contributed by atoms with Gasteiger partial charge in [0.2, 0.25) is 4.77 Å². The Morgan fingerprint density at radius 1 is 1.73 bits per heavy atom. The molecule has 2 aromatic rings. The Bertz CT molecular complexity index is 508. The molecule has 0 spiro atoms. The molecular weight excluding hydrogens is 232 g/mol. The standard InChI is InChI=1S/C7H8N6S2/c8-13-6(11-12-7(13)14)10-9-4-5-2-1-3-15-5/h1-4H,8H2,(H,10,11)(H,12,14). The number of nitrogens with one attached hydrogen (secondary N) is 2. The highest BCUT2D eigenvalue weighted by Crippen LogP contribution is 2.05. The van der Waals surface area contributed by atoms with Crippen LogP contribution < -0.4 is 11.3 Å². The number of anilines is 1. The summed E-state index contributed by atoms with van der Waals surface area (Å²) < 4.78 is 1.55. The van der Waals surface area contributed by atoms with E-state index in [1.807, 2.05) is 17.5 Å². The molecule has 0 saturated carbocycles. The second-order valence-electron chi connectivity index (χ2n) is 2.61. The molecule has 0 saturated heterocycles. The fourth-order valence-corrected chi connectivity index (χ4v) is 1.62. The third-order valence-electron chi connectivity index (χ3n) is 1.60. The van der Waals surface area contributed by atoms with Gasteiger partial charge >= 0.3 is 0 Å². The van der Waals surface area contributed by atoms with Gasteiger partial charge in [0.25, 0.3) is 5.95 Å². The first-order chi connectivity index (χ1) is 7.27. The Balaban J connectivity index is 2.05. The van der Waals surface area contributed by atoms with E-state index in [0.717, 1.165) is 4.88 Å². The van der Waals surface area contributed by atoms with Crippen LogP contribution in [-0.4, -0.2) is 21.1 Å². The lowest BCUT2D eigenvalue weighted by atomic mass is 10.5.